The minimum absolute atomic E-state index is 0.0383. The Bertz CT molecular complexity index is 1050. The Kier molecular flexibility index (Phi) is 3.97. The van der Waals surface area contributed by atoms with Gasteiger partial charge in [-0.25, -0.2) is 9.07 Å². The first-order valence-electron chi connectivity index (χ1n) is 8.04. The van der Waals surface area contributed by atoms with E-state index in [2.05, 4.69) is 5.10 Å². The molecule has 4 nitrogen and oxygen atoms in total. The Morgan fingerprint density at radius 2 is 1.92 bits per heavy atom. The van der Waals surface area contributed by atoms with E-state index in [1.165, 1.54) is 4.68 Å². The fraction of sp³-hybridized carbons (Fsp3) is 0.263. The van der Waals surface area contributed by atoms with Crippen LogP contribution in [0.1, 0.15) is 17.5 Å². The third-order valence-corrected chi connectivity index (χ3v) is 5.59. The average Bonchev–Trinajstić information content (AvgIpc) is 3.17. The van der Waals surface area contributed by atoms with Gasteiger partial charge < -0.3 is 4.74 Å². The van der Waals surface area contributed by atoms with Crippen molar-refractivity contribution in [2.45, 2.75) is 23.0 Å². The molecule has 7 heteroatoms. The van der Waals surface area contributed by atoms with Gasteiger partial charge in [0.05, 0.1) is 25.2 Å². The highest BCUT2D eigenvalue weighted by Gasteiger charge is 2.69. The Morgan fingerprint density at radius 1 is 1.23 bits per heavy atom. The number of nitrogens with zero attached hydrogens (tertiary/aromatic N) is 2. The minimum Gasteiger partial charge on any atom is -0.497 e. The molecule has 1 saturated carbocycles. The molecule has 134 valence electrons. The third-order valence-electron chi connectivity index (χ3n) is 4.72. The lowest BCUT2D eigenvalue weighted by Gasteiger charge is -2.11. The van der Waals surface area contributed by atoms with Crippen LogP contribution in [0.2, 0.25) is 0 Å². The van der Waals surface area contributed by atoms with Gasteiger partial charge in [-0.15, -0.1) is 0 Å². The second-order valence-electron chi connectivity index (χ2n) is 6.44. The molecule has 0 N–H and O–H groups in total. The lowest BCUT2D eigenvalue weighted by Crippen LogP contribution is -2.23. The van der Waals surface area contributed by atoms with Crippen molar-refractivity contribution in [1.82, 2.24) is 9.78 Å². The number of aromatic nitrogens is 2. The molecule has 0 aliphatic heterocycles. The summed E-state index contributed by atoms with van der Waals surface area (Å²) >= 11 is 11.8. The number of halogens is 3. The van der Waals surface area contributed by atoms with E-state index in [0.717, 1.165) is 11.3 Å². The van der Waals surface area contributed by atoms with E-state index in [9.17, 15) is 9.18 Å². The number of methoxy groups -OCH3 is 1. The summed E-state index contributed by atoms with van der Waals surface area (Å²) in [5.41, 5.74) is -0.728. The van der Waals surface area contributed by atoms with Crippen LogP contribution >= 0.6 is 23.2 Å². The normalized spacial score (nSPS) is 20.9. The molecule has 0 radical (unpaired) electrons. The summed E-state index contributed by atoms with van der Waals surface area (Å²) in [6, 6.07) is 12.2. The zero-order chi connectivity index (χ0) is 18.5. The van der Waals surface area contributed by atoms with Crippen molar-refractivity contribution in [1.29, 1.82) is 0 Å². The molecule has 3 aromatic rings. The second kappa shape index (κ2) is 5.96. The van der Waals surface area contributed by atoms with Crippen molar-refractivity contribution in [2.75, 3.05) is 7.11 Å². The smallest absolute Gasteiger partial charge is 0.274 e. The zero-order valence-corrected chi connectivity index (χ0v) is 15.4. The van der Waals surface area contributed by atoms with Crippen molar-refractivity contribution in [3.05, 3.63) is 70.1 Å². The van der Waals surface area contributed by atoms with E-state index in [4.69, 9.17) is 27.9 Å². The monoisotopic (exact) mass is 392 g/mol. The van der Waals surface area contributed by atoms with Crippen molar-refractivity contribution >= 4 is 34.0 Å². The van der Waals surface area contributed by atoms with E-state index >= 15 is 0 Å². The quantitative estimate of drug-likeness (QED) is 0.625. The Hall–Kier alpha value is -2.11. The number of alkyl halides is 3. The predicted molar refractivity (Wildman–Crippen MR) is 99.9 cm³/mol. The topological polar surface area (TPSA) is 44.1 Å². The number of benzene rings is 2. The number of rotatable bonds is 4. The van der Waals surface area contributed by atoms with E-state index < -0.39 is 10.0 Å². The van der Waals surface area contributed by atoms with E-state index in [1.807, 2.05) is 24.3 Å². The van der Waals surface area contributed by atoms with Gasteiger partial charge >= 0.3 is 0 Å². The zero-order valence-electron chi connectivity index (χ0n) is 13.9. The van der Waals surface area contributed by atoms with Gasteiger partial charge in [-0.1, -0.05) is 41.4 Å². The van der Waals surface area contributed by atoms with Gasteiger partial charge in [-0.05, 0) is 35.4 Å². The molecule has 26 heavy (non-hydrogen) atoms. The SMILES string of the molecule is COc1ccc(Cn2ncc3cc(C4(F)CC4(Cl)Cl)ccc3c2=O)cc1. The fourth-order valence-electron chi connectivity index (χ4n) is 3.03. The van der Waals surface area contributed by atoms with Crippen molar-refractivity contribution in [3.8, 4) is 5.75 Å². The first-order chi connectivity index (χ1) is 12.3. The molecule has 1 fully saturated rings. The van der Waals surface area contributed by atoms with E-state index in [1.54, 1.807) is 31.5 Å². The van der Waals surface area contributed by atoms with Gasteiger partial charge in [0.1, 0.15) is 5.75 Å². The Balaban J connectivity index is 1.68. The first-order valence-corrected chi connectivity index (χ1v) is 8.80. The molecule has 0 bridgehead atoms. The second-order valence-corrected chi connectivity index (χ2v) is 7.92. The van der Waals surface area contributed by atoms with Gasteiger partial charge in [0, 0.05) is 11.8 Å². The van der Waals surface area contributed by atoms with Crippen molar-refractivity contribution in [3.63, 3.8) is 0 Å². The summed E-state index contributed by atoms with van der Waals surface area (Å²) in [7, 11) is 1.60. The summed E-state index contributed by atoms with van der Waals surface area (Å²) < 4.78 is 19.8. The predicted octanol–water partition coefficient (Wildman–Crippen LogP) is 4.20. The summed E-state index contributed by atoms with van der Waals surface area (Å²) in [5.74, 6) is 0.745. The summed E-state index contributed by atoms with van der Waals surface area (Å²) in [6.07, 6.45) is 1.59. The molecule has 4 rings (SSSR count). The highest BCUT2D eigenvalue weighted by Crippen LogP contribution is 2.65. The van der Waals surface area contributed by atoms with Gasteiger partial charge in [0.25, 0.3) is 5.56 Å². The molecule has 1 unspecified atom stereocenters. The molecule has 1 aliphatic carbocycles. The van der Waals surface area contributed by atoms with E-state index in [0.29, 0.717) is 22.9 Å². The highest BCUT2D eigenvalue weighted by molar-refractivity contribution is 6.52. The van der Waals surface area contributed by atoms with E-state index in [-0.39, 0.29) is 12.0 Å². The van der Waals surface area contributed by atoms with Crippen LogP contribution in [0.15, 0.2) is 53.5 Å². The number of ether oxygens (including phenoxy) is 1. The molecule has 1 aliphatic rings. The third kappa shape index (κ3) is 2.75. The van der Waals surface area contributed by atoms with Crippen molar-refractivity contribution in [2.24, 2.45) is 0 Å². The van der Waals surface area contributed by atoms with Crippen molar-refractivity contribution < 1.29 is 9.13 Å². The standard InChI is InChI=1S/C19H15Cl2FN2O2/c1-26-15-5-2-12(3-6-15)10-24-17(25)16-7-4-14(8-13(16)9-23-24)18(22)11-19(18,20)21/h2-9H,10-11H2,1H3. The van der Waals surface area contributed by atoms with Crippen LogP contribution in [0.4, 0.5) is 4.39 Å². The lowest BCUT2D eigenvalue weighted by molar-refractivity contribution is 0.313. The molecular formula is C19H15Cl2FN2O2. The molecular weight excluding hydrogens is 378 g/mol. The Labute approximate surface area is 159 Å². The Morgan fingerprint density at radius 3 is 2.54 bits per heavy atom. The highest BCUT2D eigenvalue weighted by atomic mass is 35.5. The largest absolute Gasteiger partial charge is 0.497 e. The molecule has 2 aromatic carbocycles. The maximum atomic E-state index is 14.7. The van der Waals surface area contributed by atoms with Crippen LogP contribution in [0.25, 0.3) is 10.8 Å². The summed E-state index contributed by atoms with van der Waals surface area (Å²) in [5, 5.41) is 5.24. The van der Waals surface area contributed by atoms with Gasteiger partial charge in [-0.2, -0.15) is 5.10 Å². The summed E-state index contributed by atoms with van der Waals surface area (Å²) in [4.78, 5) is 12.7. The van der Waals surface area contributed by atoms with Crippen LogP contribution < -0.4 is 10.3 Å². The van der Waals surface area contributed by atoms with Crippen LogP contribution in [0.3, 0.4) is 0 Å². The lowest BCUT2D eigenvalue weighted by atomic mass is 10.0. The average molecular weight is 393 g/mol. The summed E-state index contributed by atoms with van der Waals surface area (Å²) in [6.45, 7) is 0.333. The molecule has 0 saturated heterocycles. The molecule has 1 aromatic heterocycles. The van der Waals surface area contributed by atoms with Gasteiger partial charge in [0.2, 0.25) is 0 Å². The molecule has 1 heterocycles. The molecule has 0 amide bonds. The maximum absolute atomic E-state index is 14.7. The first kappa shape index (κ1) is 17.3. The maximum Gasteiger partial charge on any atom is 0.274 e. The minimum atomic E-state index is -1.78. The number of hydrogen-bond acceptors (Lipinski definition) is 3. The fourth-order valence-corrected chi connectivity index (χ4v) is 3.61. The van der Waals surface area contributed by atoms with Crippen LogP contribution in [-0.2, 0) is 12.2 Å². The molecule has 1 atom stereocenters. The number of hydrogen-bond donors (Lipinski definition) is 0. The van der Waals surface area contributed by atoms with Crippen LogP contribution in [0, 0.1) is 0 Å². The van der Waals surface area contributed by atoms with Gasteiger partial charge in [0.15, 0.2) is 10.0 Å². The number of fused-ring (bicyclic) bond motifs is 1. The van der Waals surface area contributed by atoms with Crippen LogP contribution in [0.5, 0.6) is 5.75 Å². The molecule has 0 spiro atoms. The van der Waals surface area contributed by atoms with Crippen LogP contribution in [-0.4, -0.2) is 21.2 Å². The van der Waals surface area contributed by atoms with Gasteiger partial charge in [-0.3, -0.25) is 4.79 Å².